The number of nitrogens with zero attached hydrogens (tertiary/aromatic N) is 2. The summed E-state index contributed by atoms with van der Waals surface area (Å²) < 4.78 is 5.81. The van der Waals surface area contributed by atoms with Gasteiger partial charge in [-0.1, -0.05) is 0 Å². The monoisotopic (exact) mass is 267 g/mol. The fourth-order valence-electron chi connectivity index (χ4n) is 4.34. The zero-order chi connectivity index (χ0) is 13.3. The number of hydrogen-bond donors (Lipinski definition) is 1. The van der Waals surface area contributed by atoms with E-state index in [-0.39, 0.29) is 5.54 Å². The van der Waals surface area contributed by atoms with Crippen molar-refractivity contribution in [3.8, 4) is 0 Å². The maximum atomic E-state index is 6.25. The highest BCUT2D eigenvalue weighted by molar-refractivity contribution is 5.02. The van der Waals surface area contributed by atoms with Crippen LogP contribution in [0.4, 0.5) is 0 Å². The third kappa shape index (κ3) is 2.68. The molecular weight excluding hydrogens is 238 g/mol. The number of nitrogens with two attached hydrogens (primary N) is 1. The summed E-state index contributed by atoms with van der Waals surface area (Å²) >= 11 is 0. The molecule has 19 heavy (non-hydrogen) atoms. The van der Waals surface area contributed by atoms with Crippen molar-refractivity contribution in [2.24, 2.45) is 5.73 Å². The molecule has 0 radical (unpaired) electrons. The van der Waals surface area contributed by atoms with E-state index in [4.69, 9.17) is 10.5 Å². The summed E-state index contributed by atoms with van der Waals surface area (Å²) in [5.74, 6) is 0. The molecule has 3 fully saturated rings. The van der Waals surface area contributed by atoms with E-state index in [0.717, 1.165) is 38.7 Å². The zero-order valence-corrected chi connectivity index (χ0v) is 12.3. The van der Waals surface area contributed by atoms with Gasteiger partial charge in [0.05, 0.1) is 6.10 Å². The molecule has 0 saturated carbocycles. The second kappa shape index (κ2) is 5.68. The quantitative estimate of drug-likeness (QED) is 0.812. The minimum absolute atomic E-state index is 0.244. The van der Waals surface area contributed by atoms with Crippen molar-refractivity contribution < 1.29 is 4.74 Å². The van der Waals surface area contributed by atoms with Gasteiger partial charge in [-0.05, 0) is 45.6 Å². The molecular formula is C15H29N3O. The topological polar surface area (TPSA) is 41.7 Å². The molecule has 0 spiro atoms. The van der Waals surface area contributed by atoms with Crippen molar-refractivity contribution >= 4 is 0 Å². The van der Waals surface area contributed by atoms with Gasteiger partial charge in [0.15, 0.2) is 0 Å². The third-order valence-electron chi connectivity index (χ3n) is 5.48. The molecule has 3 aliphatic rings. The van der Waals surface area contributed by atoms with Gasteiger partial charge in [0, 0.05) is 44.4 Å². The molecule has 0 aliphatic carbocycles. The molecule has 0 amide bonds. The molecule has 3 unspecified atom stereocenters. The average molecular weight is 267 g/mol. The second-order valence-corrected chi connectivity index (χ2v) is 6.70. The Morgan fingerprint density at radius 3 is 3.00 bits per heavy atom. The van der Waals surface area contributed by atoms with Crippen molar-refractivity contribution in [1.29, 1.82) is 0 Å². The van der Waals surface area contributed by atoms with Crippen LogP contribution in [0.5, 0.6) is 0 Å². The van der Waals surface area contributed by atoms with Gasteiger partial charge in [-0.3, -0.25) is 4.90 Å². The average Bonchev–Trinajstić information content (AvgIpc) is 2.78. The second-order valence-electron chi connectivity index (χ2n) is 6.70. The molecule has 3 rings (SSSR count). The van der Waals surface area contributed by atoms with E-state index in [0.29, 0.717) is 6.10 Å². The first-order chi connectivity index (χ1) is 9.23. The Morgan fingerprint density at radius 1 is 1.26 bits per heavy atom. The van der Waals surface area contributed by atoms with Gasteiger partial charge in [0.2, 0.25) is 0 Å². The third-order valence-corrected chi connectivity index (χ3v) is 5.48. The summed E-state index contributed by atoms with van der Waals surface area (Å²) in [6.07, 6.45) is 6.78. The molecule has 4 nitrogen and oxygen atoms in total. The smallest absolute Gasteiger partial charge is 0.0674 e. The standard InChI is InChI=1S/C15H29N3O/c1-13-11-18(7-3-9-19-13)15(12-16)5-8-17-6-2-4-14(17)10-15/h13-14H,2-12,16H2,1H3. The van der Waals surface area contributed by atoms with Crippen molar-refractivity contribution in [1.82, 2.24) is 9.80 Å². The number of piperidine rings is 1. The number of rotatable bonds is 2. The van der Waals surface area contributed by atoms with Crippen molar-refractivity contribution in [3.63, 3.8) is 0 Å². The van der Waals surface area contributed by atoms with Crippen molar-refractivity contribution in [3.05, 3.63) is 0 Å². The van der Waals surface area contributed by atoms with E-state index in [1.54, 1.807) is 0 Å². The van der Waals surface area contributed by atoms with Gasteiger partial charge in [0.1, 0.15) is 0 Å². The molecule has 3 atom stereocenters. The van der Waals surface area contributed by atoms with Gasteiger partial charge in [-0.15, -0.1) is 0 Å². The van der Waals surface area contributed by atoms with Crippen LogP contribution in [0.15, 0.2) is 0 Å². The lowest BCUT2D eigenvalue weighted by Crippen LogP contribution is -2.62. The highest BCUT2D eigenvalue weighted by atomic mass is 16.5. The molecule has 0 aromatic heterocycles. The van der Waals surface area contributed by atoms with Gasteiger partial charge in [-0.25, -0.2) is 0 Å². The first-order valence-electron chi connectivity index (χ1n) is 8.04. The Bertz CT molecular complexity index is 312. The molecule has 3 aliphatic heterocycles. The van der Waals surface area contributed by atoms with Gasteiger partial charge in [0.25, 0.3) is 0 Å². The molecule has 4 heteroatoms. The summed E-state index contributed by atoms with van der Waals surface area (Å²) in [4.78, 5) is 5.35. The SMILES string of the molecule is CC1CN(C2(CN)CCN3CCCC3C2)CCCO1. The molecule has 2 N–H and O–H groups in total. The van der Waals surface area contributed by atoms with Crippen LogP contribution in [-0.4, -0.2) is 66.8 Å². The molecule has 3 heterocycles. The van der Waals surface area contributed by atoms with Crippen LogP contribution in [0.2, 0.25) is 0 Å². The summed E-state index contributed by atoms with van der Waals surface area (Å²) in [5, 5.41) is 0. The Labute approximate surface area is 117 Å². The van der Waals surface area contributed by atoms with Crippen LogP contribution in [0.1, 0.15) is 39.0 Å². The summed E-state index contributed by atoms with van der Waals surface area (Å²) in [6.45, 7) is 8.70. The first-order valence-corrected chi connectivity index (χ1v) is 8.04. The van der Waals surface area contributed by atoms with E-state index >= 15 is 0 Å². The number of ether oxygens (including phenoxy) is 1. The maximum absolute atomic E-state index is 6.25. The van der Waals surface area contributed by atoms with Crippen LogP contribution >= 0.6 is 0 Å². The van der Waals surface area contributed by atoms with Crippen LogP contribution in [-0.2, 0) is 4.74 Å². The predicted octanol–water partition coefficient (Wildman–Crippen LogP) is 1.05. The lowest BCUT2D eigenvalue weighted by Gasteiger charge is -2.50. The summed E-state index contributed by atoms with van der Waals surface area (Å²) in [6, 6.07) is 0.789. The molecule has 3 saturated heterocycles. The van der Waals surface area contributed by atoms with E-state index in [1.807, 2.05) is 0 Å². The van der Waals surface area contributed by atoms with Crippen LogP contribution in [0, 0.1) is 0 Å². The Morgan fingerprint density at radius 2 is 2.16 bits per heavy atom. The molecule has 0 aromatic rings. The minimum Gasteiger partial charge on any atom is -0.377 e. The normalized spacial score (nSPS) is 42.0. The highest BCUT2D eigenvalue weighted by Crippen LogP contribution is 2.37. The highest BCUT2D eigenvalue weighted by Gasteiger charge is 2.44. The van der Waals surface area contributed by atoms with Gasteiger partial charge >= 0.3 is 0 Å². The Kier molecular flexibility index (Phi) is 4.13. The van der Waals surface area contributed by atoms with Crippen molar-refractivity contribution in [2.45, 2.75) is 56.7 Å². The molecule has 0 aromatic carbocycles. The van der Waals surface area contributed by atoms with Gasteiger partial charge in [-0.2, -0.15) is 0 Å². The fraction of sp³-hybridized carbons (Fsp3) is 1.00. The van der Waals surface area contributed by atoms with Gasteiger partial charge < -0.3 is 15.4 Å². The molecule has 0 bridgehead atoms. The lowest BCUT2D eigenvalue weighted by atomic mass is 9.81. The maximum Gasteiger partial charge on any atom is 0.0674 e. The number of hydrogen-bond acceptors (Lipinski definition) is 4. The van der Waals surface area contributed by atoms with E-state index < -0.39 is 0 Å². The lowest BCUT2D eigenvalue weighted by molar-refractivity contribution is -0.00660. The Balaban J connectivity index is 1.74. The zero-order valence-electron chi connectivity index (χ0n) is 12.3. The van der Waals surface area contributed by atoms with E-state index in [2.05, 4.69) is 16.7 Å². The van der Waals surface area contributed by atoms with E-state index in [1.165, 1.54) is 38.8 Å². The summed E-state index contributed by atoms with van der Waals surface area (Å²) in [5.41, 5.74) is 6.49. The minimum atomic E-state index is 0.244. The number of fused-ring (bicyclic) bond motifs is 1. The summed E-state index contributed by atoms with van der Waals surface area (Å²) in [7, 11) is 0. The largest absolute Gasteiger partial charge is 0.377 e. The van der Waals surface area contributed by atoms with Crippen molar-refractivity contribution in [2.75, 3.05) is 39.3 Å². The predicted molar refractivity (Wildman–Crippen MR) is 77.2 cm³/mol. The Hall–Kier alpha value is -0.160. The first kappa shape index (κ1) is 13.8. The van der Waals surface area contributed by atoms with Crippen LogP contribution in [0.25, 0.3) is 0 Å². The molecule has 110 valence electrons. The van der Waals surface area contributed by atoms with Crippen LogP contribution < -0.4 is 5.73 Å². The van der Waals surface area contributed by atoms with E-state index in [9.17, 15) is 0 Å². The van der Waals surface area contributed by atoms with Crippen LogP contribution in [0.3, 0.4) is 0 Å². The fourth-order valence-corrected chi connectivity index (χ4v) is 4.34.